The highest BCUT2D eigenvalue weighted by Crippen LogP contribution is 2.31. The Labute approximate surface area is 105 Å². The van der Waals surface area contributed by atoms with E-state index in [9.17, 15) is 13.2 Å². The lowest BCUT2D eigenvalue weighted by Gasteiger charge is -2.19. The van der Waals surface area contributed by atoms with Crippen molar-refractivity contribution in [3.05, 3.63) is 11.6 Å². The molecule has 2 rings (SSSR count). The number of hydrogen-bond acceptors (Lipinski definition) is 6. The fraction of sp³-hybridized carbons (Fsp3) is 0.700. The van der Waals surface area contributed by atoms with Crippen LogP contribution in [-0.4, -0.2) is 41.9 Å². The predicted octanol–water partition coefficient (Wildman–Crippen LogP) is 0.621. The van der Waals surface area contributed by atoms with E-state index in [2.05, 4.69) is 15.2 Å². The monoisotopic (exact) mass is 273 g/mol. The predicted molar refractivity (Wildman–Crippen MR) is 62.7 cm³/mol. The molecule has 1 atom stereocenters. The standard InChI is InChI=1S/C10H15N3O4S/c1-2-17-10(14)9-11-8(12-13-9)7-5-3-4-6-18(7,15)16/h7H,2-6H2,1H3,(H,11,12,13). The van der Waals surface area contributed by atoms with E-state index in [0.717, 1.165) is 6.42 Å². The average Bonchev–Trinajstić information content (AvgIpc) is 2.78. The third kappa shape index (κ3) is 2.53. The average molecular weight is 273 g/mol. The summed E-state index contributed by atoms with van der Waals surface area (Å²) in [5.74, 6) is -0.369. The first kappa shape index (κ1) is 13.0. The van der Waals surface area contributed by atoms with Crippen molar-refractivity contribution in [3.63, 3.8) is 0 Å². The molecule has 0 radical (unpaired) electrons. The molecular weight excluding hydrogens is 258 g/mol. The maximum absolute atomic E-state index is 11.9. The van der Waals surface area contributed by atoms with Gasteiger partial charge in [0.1, 0.15) is 11.1 Å². The lowest BCUT2D eigenvalue weighted by molar-refractivity contribution is 0.0512. The van der Waals surface area contributed by atoms with Crippen molar-refractivity contribution in [1.82, 2.24) is 15.2 Å². The molecule has 7 nitrogen and oxygen atoms in total. The van der Waals surface area contributed by atoms with Gasteiger partial charge >= 0.3 is 5.97 Å². The smallest absolute Gasteiger partial charge is 0.378 e. The number of aromatic amines is 1. The summed E-state index contributed by atoms with van der Waals surface area (Å²) in [4.78, 5) is 15.3. The number of sulfone groups is 1. The normalized spacial score (nSPS) is 22.6. The minimum Gasteiger partial charge on any atom is -0.460 e. The van der Waals surface area contributed by atoms with Crippen LogP contribution >= 0.6 is 0 Å². The van der Waals surface area contributed by atoms with Crippen molar-refractivity contribution < 1.29 is 17.9 Å². The summed E-state index contributed by atoms with van der Waals surface area (Å²) in [6.45, 7) is 1.90. The van der Waals surface area contributed by atoms with Gasteiger partial charge in [0, 0.05) is 0 Å². The van der Waals surface area contributed by atoms with Crippen LogP contribution in [0.3, 0.4) is 0 Å². The van der Waals surface area contributed by atoms with Crippen LogP contribution in [0.5, 0.6) is 0 Å². The van der Waals surface area contributed by atoms with Crippen LogP contribution in [0.4, 0.5) is 0 Å². The molecule has 0 bridgehead atoms. The first-order valence-corrected chi connectivity index (χ1v) is 7.57. The van der Waals surface area contributed by atoms with Crippen molar-refractivity contribution in [2.75, 3.05) is 12.4 Å². The molecule has 0 aliphatic carbocycles. The largest absolute Gasteiger partial charge is 0.460 e. The Bertz CT molecular complexity index is 537. The van der Waals surface area contributed by atoms with Gasteiger partial charge in [-0.2, -0.15) is 0 Å². The fourth-order valence-electron chi connectivity index (χ4n) is 1.97. The number of aromatic nitrogens is 3. The number of ether oxygens (including phenoxy) is 1. The zero-order valence-electron chi connectivity index (χ0n) is 10.0. The highest BCUT2D eigenvalue weighted by Gasteiger charge is 2.33. The second kappa shape index (κ2) is 5.05. The van der Waals surface area contributed by atoms with E-state index >= 15 is 0 Å². The Morgan fingerprint density at radius 3 is 2.94 bits per heavy atom. The van der Waals surface area contributed by atoms with E-state index in [1.165, 1.54) is 0 Å². The van der Waals surface area contributed by atoms with Gasteiger partial charge in [-0.1, -0.05) is 6.42 Å². The van der Waals surface area contributed by atoms with Crippen LogP contribution in [0, 0.1) is 0 Å². The zero-order valence-corrected chi connectivity index (χ0v) is 10.9. The first-order chi connectivity index (χ1) is 8.54. The molecule has 2 heterocycles. The Morgan fingerprint density at radius 1 is 1.50 bits per heavy atom. The molecule has 1 saturated heterocycles. The van der Waals surface area contributed by atoms with Gasteiger partial charge < -0.3 is 4.74 Å². The summed E-state index contributed by atoms with van der Waals surface area (Å²) >= 11 is 0. The molecule has 1 fully saturated rings. The molecule has 18 heavy (non-hydrogen) atoms. The maximum atomic E-state index is 11.9. The van der Waals surface area contributed by atoms with Gasteiger partial charge in [0.15, 0.2) is 9.84 Å². The second-order valence-corrected chi connectivity index (χ2v) is 6.42. The topological polar surface area (TPSA) is 102 Å². The highest BCUT2D eigenvalue weighted by atomic mass is 32.2. The molecule has 1 aliphatic heterocycles. The van der Waals surface area contributed by atoms with Crippen molar-refractivity contribution in [2.45, 2.75) is 31.4 Å². The molecule has 0 aromatic carbocycles. The van der Waals surface area contributed by atoms with Crippen LogP contribution < -0.4 is 0 Å². The van der Waals surface area contributed by atoms with Crippen LogP contribution in [0.25, 0.3) is 0 Å². The van der Waals surface area contributed by atoms with E-state index in [-0.39, 0.29) is 24.0 Å². The SMILES string of the molecule is CCOC(=O)c1n[nH]c(C2CCCCS2(=O)=O)n1. The van der Waals surface area contributed by atoms with Crippen LogP contribution in [0.2, 0.25) is 0 Å². The number of nitrogens with one attached hydrogen (secondary N) is 1. The summed E-state index contributed by atoms with van der Waals surface area (Å²) < 4.78 is 28.5. The van der Waals surface area contributed by atoms with Gasteiger partial charge in [0.2, 0.25) is 0 Å². The fourth-order valence-corrected chi connectivity index (χ4v) is 3.83. The van der Waals surface area contributed by atoms with E-state index in [4.69, 9.17) is 4.74 Å². The third-order valence-electron chi connectivity index (χ3n) is 2.84. The number of carbonyl (C=O) groups is 1. The lowest BCUT2D eigenvalue weighted by atomic mass is 10.2. The van der Waals surface area contributed by atoms with Gasteiger partial charge in [0.25, 0.3) is 5.82 Å². The minimum absolute atomic E-state index is 0.118. The lowest BCUT2D eigenvalue weighted by Crippen LogP contribution is -2.22. The molecule has 1 aromatic heterocycles. The molecule has 0 saturated carbocycles. The Kier molecular flexibility index (Phi) is 3.65. The maximum Gasteiger partial charge on any atom is 0.378 e. The molecule has 1 aliphatic rings. The van der Waals surface area contributed by atoms with Crippen molar-refractivity contribution >= 4 is 15.8 Å². The van der Waals surface area contributed by atoms with Crippen molar-refractivity contribution in [2.24, 2.45) is 0 Å². The summed E-state index contributed by atoms with van der Waals surface area (Å²) in [6, 6.07) is 0. The van der Waals surface area contributed by atoms with Crippen LogP contribution in [0.15, 0.2) is 0 Å². The Balaban J connectivity index is 2.21. The summed E-state index contributed by atoms with van der Waals surface area (Å²) in [5, 5.41) is 5.55. The molecule has 1 unspecified atom stereocenters. The van der Waals surface area contributed by atoms with E-state index in [1.807, 2.05) is 0 Å². The molecule has 8 heteroatoms. The minimum atomic E-state index is -3.19. The van der Waals surface area contributed by atoms with Crippen molar-refractivity contribution in [1.29, 1.82) is 0 Å². The Hall–Kier alpha value is -1.44. The third-order valence-corrected chi connectivity index (χ3v) is 5.03. The zero-order chi connectivity index (χ0) is 13.2. The number of nitrogens with zero attached hydrogens (tertiary/aromatic N) is 2. The first-order valence-electron chi connectivity index (χ1n) is 5.85. The number of carbonyl (C=O) groups excluding carboxylic acids is 1. The van der Waals surface area contributed by atoms with Crippen LogP contribution in [-0.2, 0) is 14.6 Å². The molecule has 1 aromatic rings. The Morgan fingerprint density at radius 2 is 2.28 bits per heavy atom. The van der Waals surface area contributed by atoms with E-state index in [0.29, 0.717) is 12.8 Å². The summed E-state index contributed by atoms with van der Waals surface area (Å²) in [6.07, 6.45) is 2.02. The molecule has 0 spiro atoms. The molecule has 1 N–H and O–H groups in total. The van der Waals surface area contributed by atoms with E-state index in [1.54, 1.807) is 6.92 Å². The molecule has 100 valence electrons. The summed E-state index contributed by atoms with van der Waals surface area (Å²) in [7, 11) is -3.19. The summed E-state index contributed by atoms with van der Waals surface area (Å²) in [5.41, 5.74) is 0. The number of esters is 1. The van der Waals surface area contributed by atoms with Gasteiger partial charge in [-0.05, 0) is 19.8 Å². The van der Waals surface area contributed by atoms with Gasteiger partial charge in [0.05, 0.1) is 12.4 Å². The van der Waals surface area contributed by atoms with Crippen molar-refractivity contribution in [3.8, 4) is 0 Å². The second-order valence-electron chi connectivity index (χ2n) is 4.12. The van der Waals surface area contributed by atoms with E-state index < -0.39 is 21.1 Å². The van der Waals surface area contributed by atoms with Crippen LogP contribution in [0.1, 0.15) is 47.9 Å². The number of hydrogen-bond donors (Lipinski definition) is 1. The number of rotatable bonds is 3. The van der Waals surface area contributed by atoms with Gasteiger partial charge in [-0.3, -0.25) is 5.10 Å². The quantitative estimate of drug-likeness (QED) is 0.810. The van der Waals surface area contributed by atoms with Gasteiger partial charge in [-0.25, -0.2) is 18.2 Å². The molecular formula is C10H15N3O4S. The molecule has 0 amide bonds. The van der Waals surface area contributed by atoms with Gasteiger partial charge in [-0.15, -0.1) is 5.10 Å². The number of H-pyrrole nitrogens is 1. The highest BCUT2D eigenvalue weighted by molar-refractivity contribution is 7.91.